The second-order valence-electron chi connectivity index (χ2n) is 3.86. The van der Waals surface area contributed by atoms with Crippen molar-refractivity contribution in [3.05, 3.63) is 22.7 Å². The fourth-order valence-corrected chi connectivity index (χ4v) is 3.54. The first kappa shape index (κ1) is 17.4. The minimum Gasteiger partial charge on any atom is -0.496 e. The highest BCUT2D eigenvalue weighted by Gasteiger charge is 2.15. The number of methoxy groups -OCH3 is 1. The number of hydrogen-bond donors (Lipinski definition) is 2. The van der Waals surface area contributed by atoms with Crippen molar-refractivity contribution in [2.75, 3.05) is 26.5 Å². The van der Waals surface area contributed by atoms with Gasteiger partial charge in [0.1, 0.15) is 5.75 Å². The lowest BCUT2D eigenvalue weighted by Gasteiger charge is -2.09. The van der Waals surface area contributed by atoms with Crippen LogP contribution in [0.2, 0.25) is 0 Å². The summed E-state index contributed by atoms with van der Waals surface area (Å²) in [6.45, 7) is -0.0611. The molecule has 0 fully saturated rings. The number of rotatable bonds is 7. The summed E-state index contributed by atoms with van der Waals surface area (Å²) in [4.78, 5) is 0.0598. The van der Waals surface area contributed by atoms with Gasteiger partial charge in [0.2, 0.25) is 20.0 Å². The van der Waals surface area contributed by atoms with Crippen LogP contribution in [0.1, 0.15) is 0 Å². The van der Waals surface area contributed by atoms with Gasteiger partial charge < -0.3 is 4.74 Å². The predicted molar refractivity (Wildman–Crippen MR) is 78.7 cm³/mol. The molecule has 0 bridgehead atoms. The monoisotopic (exact) mass is 386 g/mol. The fourth-order valence-electron chi connectivity index (χ4n) is 1.32. The van der Waals surface area contributed by atoms with Crippen molar-refractivity contribution in [2.24, 2.45) is 0 Å². The molecule has 0 saturated heterocycles. The van der Waals surface area contributed by atoms with E-state index in [0.717, 1.165) is 6.26 Å². The van der Waals surface area contributed by atoms with Crippen LogP contribution in [0, 0.1) is 0 Å². The Morgan fingerprint density at radius 3 is 2.25 bits per heavy atom. The van der Waals surface area contributed by atoms with Gasteiger partial charge in [0, 0.05) is 13.1 Å². The number of halogens is 1. The number of benzene rings is 1. The van der Waals surface area contributed by atoms with Gasteiger partial charge in [-0.15, -0.1) is 0 Å². The lowest BCUT2D eigenvalue weighted by atomic mass is 10.3. The van der Waals surface area contributed by atoms with Crippen LogP contribution in [-0.4, -0.2) is 43.3 Å². The molecule has 0 radical (unpaired) electrons. The smallest absolute Gasteiger partial charge is 0.240 e. The molecule has 1 aromatic rings. The first-order valence-corrected chi connectivity index (χ1v) is 9.60. The summed E-state index contributed by atoms with van der Waals surface area (Å²) >= 11 is 3.20. The summed E-state index contributed by atoms with van der Waals surface area (Å²) in [7, 11) is -5.55. The van der Waals surface area contributed by atoms with E-state index in [1.165, 1.54) is 25.3 Å². The number of nitrogens with one attached hydrogen (secondary N) is 2. The zero-order valence-corrected chi connectivity index (χ0v) is 14.1. The Morgan fingerprint density at radius 2 is 1.75 bits per heavy atom. The fraction of sp³-hybridized carbons (Fsp3) is 0.400. The maximum Gasteiger partial charge on any atom is 0.240 e. The predicted octanol–water partition coefficient (Wildman–Crippen LogP) is 0.285. The highest BCUT2D eigenvalue weighted by atomic mass is 79.9. The number of ether oxygens (including phenoxy) is 1. The average molecular weight is 387 g/mol. The lowest BCUT2D eigenvalue weighted by molar-refractivity contribution is 0.411. The van der Waals surface area contributed by atoms with E-state index in [-0.39, 0.29) is 18.0 Å². The molecule has 20 heavy (non-hydrogen) atoms. The Labute approximate surface area is 126 Å². The zero-order chi connectivity index (χ0) is 15.4. The third-order valence-corrected chi connectivity index (χ3v) is 5.02. The zero-order valence-electron chi connectivity index (χ0n) is 10.9. The van der Waals surface area contributed by atoms with Crippen LogP contribution in [0.5, 0.6) is 5.75 Å². The molecule has 0 heterocycles. The molecular weight excluding hydrogens is 372 g/mol. The molecule has 0 aliphatic heterocycles. The van der Waals surface area contributed by atoms with Gasteiger partial charge in [-0.25, -0.2) is 26.3 Å². The van der Waals surface area contributed by atoms with E-state index in [0.29, 0.717) is 10.2 Å². The van der Waals surface area contributed by atoms with Crippen LogP contribution >= 0.6 is 15.9 Å². The van der Waals surface area contributed by atoms with Gasteiger partial charge in [0.25, 0.3) is 0 Å². The topological polar surface area (TPSA) is 102 Å². The van der Waals surface area contributed by atoms with Crippen LogP contribution in [0.4, 0.5) is 0 Å². The van der Waals surface area contributed by atoms with Gasteiger partial charge in [0.15, 0.2) is 0 Å². The molecular formula is C10H15BrN2O5S2. The standard InChI is InChI=1S/C10H15BrN2O5S2/c1-18-10-4-3-8(7-9(10)11)20(16,17)13-6-5-12-19(2,14)15/h3-4,7,12-13H,5-6H2,1-2H3. The van der Waals surface area contributed by atoms with Crippen molar-refractivity contribution in [3.8, 4) is 5.75 Å². The Kier molecular flexibility index (Phi) is 5.95. The van der Waals surface area contributed by atoms with Crippen LogP contribution in [-0.2, 0) is 20.0 Å². The molecule has 0 amide bonds. The Balaban J connectivity index is 2.72. The summed E-state index contributed by atoms with van der Waals surface area (Å²) in [6, 6.07) is 4.33. The summed E-state index contributed by atoms with van der Waals surface area (Å²) in [5, 5.41) is 0. The van der Waals surface area contributed by atoms with E-state index < -0.39 is 20.0 Å². The summed E-state index contributed by atoms with van der Waals surface area (Å²) in [5.41, 5.74) is 0. The normalized spacial score (nSPS) is 12.3. The van der Waals surface area contributed by atoms with Gasteiger partial charge in [-0.3, -0.25) is 0 Å². The lowest BCUT2D eigenvalue weighted by Crippen LogP contribution is -2.34. The minimum absolute atomic E-state index is 0.0185. The van der Waals surface area contributed by atoms with E-state index in [2.05, 4.69) is 25.4 Å². The first-order valence-electron chi connectivity index (χ1n) is 5.43. The molecule has 0 aromatic heterocycles. The van der Waals surface area contributed by atoms with Gasteiger partial charge in [-0.1, -0.05) is 0 Å². The summed E-state index contributed by atoms with van der Waals surface area (Å²) < 4.78 is 55.6. The maximum absolute atomic E-state index is 12.0. The molecule has 0 unspecified atom stereocenters. The van der Waals surface area contributed by atoms with Crippen LogP contribution in [0.25, 0.3) is 0 Å². The van der Waals surface area contributed by atoms with Gasteiger partial charge in [-0.05, 0) is 34.1 Å². The molecule has 7 nitrogen and oxygen atoms in total. The molecule has 2 N–H and O–H groups in total. The molecule has 1 aromatic carbocycles. The Morgan fingerprint density at radius 1 is 1.15 bits per heavy atom. The van der Waals surface area contributed by atoms with Crippen molar-refractivity contribution in [1.29, 1.82) is 0 Å². The average Bonchev–Trinajstić information content (AvgIpc) is 2.33. The molecule has 0 spiro atoms. The van der Waals surface area contributed by atoms with Crippen molar-refractivity contribution >= 4 is 36.0 Å². The van der Waals surface area contributed by atoms with Crippen LogP contribution in [0.15, 0.2) is 27.6 Å². The van der Waals surface area contributed by atoms with E-state index in [9.17, 15) is 16.8 Å². The minimum atomic E-state index is -3.70. The van der Waals surface area contributed by atoms with Crippen molar-refractivity contribution < 1.29 is 21.6 Å². The Hall–Kier alpha value is -0.680. The van der Waals surface area contributed by atoms with E-state index in [1.807, 2.05) is 0 Å². The Bertz CT molecular complexity index is 673. The van der Waals surface area contributed by atoms with Crippen molar-refractivity contribution in [3.63, 3.8) is 0 Å². The highest BCUT2D eigenvalue weighted by Crippen LogP contribution is 2.27. The molecule has 0 saturated carbocycles. The molecule has 0 atom stereocenters. The van der Waals surface area contributed by atoms with E-state index in [1.54, 1.807) is 0 Å². The number of sulfonamides is 2. The third kappa shape index (κ3) is 5.37. The molecule has 0 aliphatic rings. The molecule has 10 heteroatoms. The molecule has 1 rings (SSSR count). The van der Waals surface area contributed by atoms with E-state index in [4.69, 9.17) is 4.74 Å². The first-order chi connectivity index (χ1) is 9.15. The van der Waals surface area contributed by atoms with E-state index >= 15 is 0 Å². The van der Waals surface area contributed by atoms with Gasteiger partial charge in [0.05, 0.1) is 22.7 Å². The molecule has 0 aliphatic carbocycles. The second-order valence-corrected chi connectivity index (χ2v) is 8.31. The van der Waals surface area contributed by atoms with Gasteiger partial charge in [-0.2, -0.15) is 0 Å². The van der Waals surface area contributed by atoms with Crippen molar-refractivity contribution in [2.45, 2.75) is 4.90 Å². The third-order valence-electron chi connectivity index (χ3n) is 2.21. The quantitative estimate of drug-likeness (QED) is 0.655. The van der Waals surface area contributed by atoms with Crippen LogP contribution < -0.4 is 14.2 Å². The second kappa shape index (κ2) is 6.85. The largest absolute Gasteiger partial charge is 0.496 e. The highest BCUT2D eigenvalue weighted by molar-refractivity contribution is 9.10. The van der Waals surface area contributed by atoms with Crippen molar-refractivity contribution in [1.82, 2.24) is 9.44 Å². The number of hydrogen-bond acceptors (Lipinski definition) is 5. The maximum atomic E-state index is 12.0. The van der Waals surface area contributed by atoms with Gasteiger partial charge >= 0.3 is 0 Å². The SMILES string of the molecule is COc1ccc(S(=O)(=O)NCCNS(C)(=O)=O)cc1Br. The van der Waals surface area contributed by atoms with Crippen LogP contribution in [0.3, 0.4) is 0 Å². The summed E-state index contributed by atoms with van der Waals surface area (Å²) in [6.07, 6.45) is 1.00. The molecule has 114 valence electrons. The summed E-state index contributed by atoms with van der Waals surface area (Å²) in [5.74, 6) is 0.516.